The fraction of sp³-hybridized carbons (Fsp3) is 0.333. The summed E-state index contributed by atoms with van der Waals surface area (Å²) in [7, 11) is 1.84. The van der Waals surface area contributed by atoms with Crippen molar-refractivity contribution in [2.45, 2.75) is 26.2 Å². The molecule has 104 valence electrons. The maximum absolute atomic E-state index is 11.9. The van der Waals surface area contributed by atoms with Crippen molar-refractivity contribution in [2.24, 2.45) is 7.05 Å². The lowest BCUT2D eigenvalue weighted by Gasteiger charge is -2.24. The van der Waals surface area contributed by atoms with E-state index in [1.54, 1.807) is 4.68 Å². The van der Waals surface area contributed by atoms with Crippen LogP contribution in [-0.2, 0) is 11.8 Å². The number of nitrogens with zero attached hydrogens (tertiary/aromatic N) is 2. The third-order valence-electron chi connectivity index (χ3n) is 3.86. The molecule has 1 amide bonds. The Morgan fingerprint density at radius 2 is 2.15 bits per heavy atom. The van der Waals surface area contributed by atoms with Gasteiger partial charge in [0.25, 0.3) is 0 Å². The van der Waals surface area contributed by atoms with Crippen molar-refractivity contribution >= 4 is 23.3 Å². The van der Waals surface area contributed by atoms with E-state index >= 15 is 0 Å². The SMILES string of the molecule is Cc1ccc(C2CC(=O)Nc3c2c(C)nn3C)cc1Cl. The Balaban J connectivity index is 2.15. The highest BCUT2D eigenvalue weighted by Crippen LogP contribution is 2.39. The predicted octanol–water partition coefficient (Wildman–Crippen LogP) is 3.16. The summed E-state index contributed by atoms with van der Waals surface area (Å²) in [5, 5.41) is 8.05. The standard InChI is InChI=1S/C15H16ClN3O/c1-8-4-5-10(6-12(8)16)11-7-13(20)17-15-14(11)9(2)18-19(15)3/h4-6,11H,7H2,1-3H3,(H,17,20). The van der Waals surface area contributed by atoms with Crippen molar-refractivity contribution in [3.05, 3.63) is 45.6 Å². The number of anilines is 1. The van der Waals surface area contributed by atoms with Gasteiger partial charge in [-0.2, -0.15) is 5.10 Å². The van der Waals surface area contributed by atoms with E-state index in [-0.39, 0.29) is 11.8 Å². The molecule has 1 aromatic heterocycles. The van der Waals surface area contributed by atoms with Gasteiger partial charge in [0, 0.05) is 30.0 Å². The summed E-state index contributed by atoms with van der Waals surface area (Å²) in [6.45, 7) is 3.94. The molecule has 0 saturated heterocycles. The zero-order valence-electron chi connectivity index (χ0n) is 11.7. The molecule has 1 unspecified atom stereocenters. The lowest BCUT2D eigenvalue weighted by molar-refractivity contribution is -0.116. The summed E-state index contributed by atoms with van der Waals surface area (Å²) in [5.74, 6) is 0.827. The van der Waals surface area contributed by atoms with Crippen LogP contribution in [-0.4, -0.2) is 15.7 Å². The smallest absolute Gasteiger partial charge is 0.226 e. The van der Waals surface area contributed by atoms with Crippen LogP contribution in [0.4, 0.5) is 5.82 Å². The van der Waals surface area contributed by atoms with E-state index in [2.05, 4.69) is 10.4 Å². The van der Waals surface area contributed by atoms with Gasteiger partial charge in [-0.25, -0.2) is 0 Å². The van der Waals surface area contributed by atoms with E-state index in [1.807, 2.05) is 39.1 Å². The first-order valence-corrected chi connectivity index (χ1v) is 6.94. The second-order valence-corrected chi connectivity index (χ2v) is 5.69. The van der Waals surface area contributed by atoms with Gasteiger partial charge < -0.3 is 5.32 Å². The maximum atomic E-state index is 11.9. The van der Waals surface area contributed by atoms with E-state index in [0.29, 0.717) is 6.42 Å². The molecule has 0 saturated carbocycles. The Morgan fingerprint density at radius 1 is 1.40 bits per heavy atom. The van der Waals surface area contributed by atoms with Gasteiger partial charge in [-0.05, 0) is 31.0 Å². The minimum Gasteiger partial charge on any atom is -0.311 e. The summed E-state index contributed by atoms with van der Waals surface area (Å²) in [6, 6.07) is 5.99. The third-order valence-corrected chi connectivity index (χ3v) is 4.27. The van der Waals surface area contributed by atoms with Crippen molar-refractivity contribution in [3.63, 3.8) is 0 Å². The molecule has 20 heavy (non-hydrogen) atoms. The highest BCUT2D eigenvalue weighted by Gasteiger charge is 2.31. The molecule has 1 aliphatic heterocycles. The third kappa shape index (κ3) is 2.00. The number of amides is 1. The quantitative estimate of drug-likeness (QED) is 0.876. The van der Waals surface area contributed by atoms with Crippen molar-refractivity contribution in [2.75, 3.05) is 5.32 Å². The van der Waals surface area contributed by atoms with Gasteiger partial charge in [-0.15, -0.1) is 0 Å². The van der Waals surface area contributed by atoms with Gasteiger partial charge in [0.15, 0.2) is 0 Å². The van der Waals surface area contributed by atoms with Crippen LogP contribution in [0.15, 0.2) is 18.2 Å². The van der Waals surface area contributed by atoms with Crippen molar-refractivity contribution in [1.82, 2.24) is 9.78 Å². The number of aromatic nitrogens is 2. The molecule has 1 atom stereocenters. The van der Waals surface area contributed by atoms with Crippen molar-refractivity contribution < 1.29 is 4.79 Å². The molecule has 0 radical (unpaired) electrons. The molecule has 1 N–H and O–H groups in total. The molecule has 5 heteroatoms. The summed E-state index contributed by atoms with van der Waals surface area (Å²) in [4.78, 5) is 11.9. The average Bonchev–Trinajstić information content (AvgIpc) is 2.67. The number of aryl methyl sites for hydroxylation is 3. The number of fused-ring (bicyclic) bond motifs is 1. The predicted molar refractivity (Wildman–Crippen MR) is 79.2 cm³/mol. The molecule has 0 aliphatic carbocycles. The van der Waals surface area contributed by atoms with Crippen molar-refractivity contribution in [1.29, 1.82) is 0 Å². The monoisotopic (exact) mass is 289 g/mol. The van der Waals surface area contributed by atoms with Gasteiger partial charge in [-0.3, -0.25) is 9.48 Å². The van der Waals surface area contributed by atoms with Crippen LogP contribution in [0.2, 0.25) is 5.02 Å². The summed E-state index contributed by atoms with van der Waals surface area (Å²) in [6.07, 6.45) is 0.429. The second-order valence-electron chi connectivity index (χ2n) is 5.28. The van der Waals surface area contributed by atoms with Gasteiger partial charge in [0.05, 0.1) is 5.69 Å². The van der Waals surface area contributed by atoms with Gasteiger partial charge in [0.1, 0.15) is 5.82 Å². The molecule has 4 nitrogen and oxygen atoms in total. The topological polar surface area (TPSA) is 46.9 Å². The molecular weight excluding hydrogens is 274 g/mol. The Morgan fingerprint density at radius 3 is 2.85 bits per heavy atom. The van der Waals surface area contributed by atoms with Crippen LogP contribution >= 0.6 is 11.6 Å². The molecule has 3 rings (SSSR count). The van der Waals surface area contributed by atoms with E-state index in [0.717, 1.165) is 33.2 Å². The molecule has 0 spiro atoms. The summed E-state index contributed by atoms with van der Waals surface area (Å²) >= 11 is 6.22. The van der Waals surface area contributed by atoms with Crippen LogP contribution in [0.3, 0.4) is 0 Å². The Labute approximate surface area is 122 Å². The first kappa shape index (κ1) is 13.2. The largest absolute Gasteiger partial charge is 0.311 e. The van der Waals surface area contributed by atoms with E-state index in [9.17, 15) is 4.79 Å². The molecule has 2 heterocycles. The lowest BCUT2D eigenvalue weighted by atomic mass is 9.85. The van der Waals surface area contributed by atoms with Crippen LogP contribution in [0.5, 0.6) is 0 Å². The zero-order chi connectivity index (χ0) is 14.4. The molecule has 1 aliphatic rings. The van der Waals surface area contributed by atoms with Crippen LogP contribution in [0, 0.1) is 13.8 Å². The van der Waals surface area contributed by atoms with Crippen LogP contribution < -0.4 is 5.32 Å². The van der Waals surface area contributed by atoms with Crippen molar-refractivity contribution in [3.8, 4) is 0 Å². The molecule has 2 aromatic rings. The highest BCUT2D eigenvalue weighted by atomic mass is 35.5. The fourth-order valence-electron chi connectivity index (χ4n) is 2.82. The molecular formula is C15H16ClN3O. The fourth-order valence-corrected chi connectivity index (χ4v) is 3.01. The minimum atomic E-state index is 0.0159. The summed E-state index contributed by atoms with van der Waals surface area (Å²) in [5.41, 5.74) is 4.14. The Kier molecular flexibility index (Phi) is 3.05. The zero-order valence-corrected chi connectivity index (χ0v) is 12.5. The maximum Gasteiger partial charge on any atom is 0.226 e. The van der Waals surface area contributed by atoms with Crippen LogP contribution in [0.1, 0.15) is 34.7 Å². The first-order chi connectivity index (χ1) is 9.47. The number of carbonyl (C=O) groups excluding carboxylic acids is 1. The summed E-state index contributed by atoms with van der Waals surface area (Å²) < 4.78 is 1.73. The number of rotatable bonds is 1. The average molecular weight is 290 g/mol. The van der Waals surface area contributed by atoms with E-state index < -0.39 is 0 Å². The minimum absolute atomic E-state index is 0.0159. The Hall–Kier alpha value is -1.81. The number of hydrogen-bond donors (Lipinski definition) is 1. The normalized spacial score (nSPS) is 17.8. The highest BCUT2D eigenvalue weighted by molar-refractivity contribution is 6.31. The van der Waals surface area contributed by atoms with Crippen LogP contribution in [0.25, 0.3) is 0 Å². The van der Waals surface area contributed by atoms with Gasteiger partial charge in [-0.1, -0.05) is 23.7 Å². The number of nitrogens with one attached hydrogen (secondary N) is 1. The lowest BCUT2D eigenvalue weighted by Crippen LogP contribution is -2.24. The molecule has 0 bridgehead atoms. The Bertz CT molecular complexity index is 705. The van der Waals surface area contributed by atoms with E-state index in [4.69, 9.17) is 11.6 Å². The van der Waals surface area contributed by atoms with Gasteiger partial charge in [0.2, 0.25) is 5.91 Å². The number of halogens is 1. The first-order valence-electron chi connectivity index (χ1n) is 6.56. The number of hydrogen-bond acceptors (Lipinski definition) is 2. The number of benzene rings is 1. The number of carbonyl (C=O) groups is 1. The second kappa shape index (κ2) is 4.63. The molecule has 0 fully saturated rings. The van der Waals surface area contributed by atoms with Gasteiger partial charge >= 0.3 is 0 Å². The van der Waals surface area contributed by atoms with E-state index in [1.165, 1.54) is 0 Å². The molecule has 1 aromatic carbocycles.